The van der Waals surface area contributed by atoms with Crippen LogP contribution >= 0.6 is 0 Å². The number of hydrogen-bond donors (Lipinski definition) is 2. The Morgan fingerprint density at radius 3 is 2.56 bits per heavy atom. The van der Waals surface area contributed by atoms with Crippen molar-refractivity contribution in [3.05, 3.63) is 35.7 Å². The molecule has 2 N–H and O–H groups in total. The van der Waals surface area contributed by atoms with Crippen LogP contribution in [0.5, 0.6) is 0 Å². The van der Waals surface area contributed by atoms with Gasteiger partial charge in [0, 0.05) is 38.9 Å². The van der Waals surface area contributed by atoms with Crippen molar-refractivity contribution in [2.45, 2.75) is 19.4 Å². The second-order valence-corrected chi connectivity index (χ2v) is 6.38. The molecular weight excluding hydrogens is 356 g/mol. The zero-order chi connectivity index (χ0) is 19.4. The Hall–Kier alpha value is -3.04. The quantitative estimate of drug-likeness (QED) is 0.830. The van der Waals surface area contributed by atoms with Crippen molar-refractivity contribution in [1.82, 2.24) is 20.3 Å². The first-order valence-corrected chi connectivity index (χ1v) is 8.59. The van der Waals surface area contributed by atoms with E-state index in [1.165, 1.54) is 6.07 Å². The summed E-state index contributed by atoms with van der Waals surface area (Å²) in [6, 6.07) is 2.56. The van der Waals surface area contributed by atoms with Gasteiger partial charge in [0.15, 0.2) is 17.5 Å². The number of nitrogens with zero attached hydrogens (tertiary/aromatic N) is 5. The molecule has 8 nitrogen and oxygen atoms in total. The summed E-state index contributed by atoms with van der Waals surface area (Å²) in [5, 5.41) is 5.05. The van der Waals surface area contributed by atoms with Gasteiger partial charge in [-0.25, -0.2) is 13.6 Å². The summed E-state index contributed by atoms with van der Waals surface area (Å²) < 4.78 is 26.2. The first-order chi connectivity index (χ1) is 12.9. The van der Waals surface area contributed by atoms with Crippen LogP contribution in [0.2, 0.25) is 0 Å². The maximum Gasteiger partial charge on any atom is 0.319 e. The summed E-state index contributed by atoms with van der Waals surface area (Å²) in [6.45, 7) is 1.85. The minimum Gasteiger partial charge on any atom is -0.347 e. The number of benzene rings is 1. The number of hydrogen-bond acceptors (Lipinski definition) is 6. The summed E-state index contributed by atoms with van der Waals surface area (Å²) in [7, 11) is 3.66. The van der Waals surface area contributed by atoms with Crippen molar-refractivity contribution in [2.24, 2.45) is 0 Å². The monoisotopic (exact) mass is 377 g/mol. The molecular formula is C17H21F2N7O. The summed E-state index contributed by atoms with van der Waals surface area (Å²) >= 11 is 0. The number of urea groups is 1. The molecule has 27 heavy (non-hydrogen) atoms. The SMILES string of the molecule is CN(C)c1nc(CNC(=O)Nc2ccc(F)c(F)c2)nc(N2CCCC2)n1. The lowest BCUT2D eigenvalue weighted by molar-refractivity contribution is 0.251. The van der Waals surface area contributed by atoms with Crippen LogP contribution in [-0.4, -0.2) is 48.2 Å². The maximum atomic E-state index is 13.2. The molecule has 1 aromatic carbocycles. The highest BCUT2D eigenvalue weighted by Gasteiger charge is 2.18. The summed E-state index contributed by atoms with van der Waals surface area (Å²) in [4.78, 5) is 29.1. The zero-order valence-corrected chi connectivity index (χ0v) is 15.2. The van der Waals surface area contributed by atoms with Gasteiger partial charge in [0.05, 0.1) is 6.54 Å². The molecule has 1 saturated heterocycles. The van der Waals surface area contributed by atoms with E-state index < -0.39 is 17.7 Å². The van der Waals surface area contributed by atoms with E-state index >= 15 is 0 Å². The molecule has 0 spiro atoms. The molecule has 1 aliphatic heterocycles. The van der Waals surface area contributed by atoms with Crippen LogP contribution in [0.25, 0.3) is 0 Å². The average Bonchev–Trinajstić information content (AvgIpc) is 3.17. The molecule has 0 aliphatic carbocycles. The van der Waals surface area contributed by atoms with E-state index in [-0.39, 0.29) is 12.2 Å². The Morgan fingerprint density at radius 2 is 1.89 bits per heavy atom. The highest BCUT2D eigenvalue weighted by atomic mass is 19.2. The summed E-state index contributed by atoms with van der Waals surface area (Å²) in [5.41, 5.74) is 0.147. The van der Waals surface area contributed by atoms with Gasteiger partial charge >= 0.3 is 6.03 Å². The second kappa shape index (κ2) is 8.11. The fraction of sp³-hybridized carbons (Fsp3) is 0.412. The van der Waals surface area contributed by atoms with E-state index in [4.69, 9.17) is 0 Å². The predicted octanol–water partition coefficient (Wildman–Crippen LogP) is 2.14. The third-order valence-corrected chi connectivity index (χ3v) is 4.03. The molecule has 0 radical (unpaired) electrons. The van der Waals surface area contributed by atoms with Crippen LogP contribution in [-0.2, 0) is 6.54 Å². The fourth-order valence-corrected chi connectivity index (χ4v) is 2.64. The Labute approximate surface area is 155 Å². The minimum absolute atomic E-state index is 0.0692. The van der Waals surface area contributed by atoms with E-state index in [9.17, 15) is 13.6 Å². The highest BCUT2D eigenvalue weighted by molar-refractivity contribution is 5.89. The zero-order valence-electron chi connectivity index (χ0n) is 15.2. The number of nitrogens with one attached hydrogen (secondary N) is 2. The van der Waals surface area contributed by atoms with Crippen LogP contribution in [0, 0.1) is 11.6 Å². The second-order valence-electron chi connectivity index (χ2n) is 6.38. The number of carbonyl (C=O) groups excluding carboxylic acids is 1. The van der Waals surface area contributed by atoms with Crippen LogP contribution in [0.15, 0.2) is 18.2 Å². The molecule has 10 heteroatoms. The molecule has 1 fully saturated rings. The number of halogens is 2. The number of carbonyl (C=O) groups is 1. The molecule has 0 unspecified atom stereocenters. The highest BCUT2D eigenvalue weighted by Crippen LogP contribution is 2.18. The van der Waals surface area contributed by atoms with E-state index in [2.05, 4.69) is 30.5 Å². The smallest absolute Gasteiger partial charge is 0.319 e. The molecule has 3 rings (SSSR count). The first-order valence-electron chi connectivity index (χ1n) is 8.59. The van der Waals surface area contributed by atoms with Crippen molar-refractivity contribution in [2.75, 3.05) is 42.3 Å². The average molecular weight is 377 g/mol. The van der Waals surface area contributed by atoms with Gasteiger partial charge in [-0.3, -0.25) is 0 Å². The van der Waals surface area contributed by atoms with Crippen molar-refractivity contribution < 1.29 is 13.6 Å². The lowest BCUT2D eigenvalue weighted by Crippen LogP contribution is -2.30. The number of amides is 2. The first kappa shape index (κ1) is 18.7. The van der Waals surface area contributed by atoms with Crippen molar-refractivity contribution in [1.29, 1.82) is 0 Å². The largest absolute Gasteiger partial charge is 0.347 e. The summed E-state index contributed by atoms with van der Waals surface area (Å²) in [6.07, 6.45) is 2.18. The molecule has 2 heterocycles. The van der Waals surface area contributed by atoms with Gasteiger partial charge in [-0.15, -0.1) is 0 Å². The molecule has 1 aromatic heterocycles. The topological polar surface area (TPSA) is 86.3 Å². The van der Waals surface area contributed by atoms with Gasteiger partial charge < -0.3 is 20.4 Å². The van der Waals surface area contributed by atoms with Crippen LogP contribution < -0.4 is 20.4 Å². The normalized spacial score (nSPS) is 13.6. The fourth-order valence-electron chi connectivity index (χ4n) is 2.64. The van der Waals surface area contributed by atoms with Gasteiger partial charge in [0.2, 0.25) is 11.9 Å². The van der Waals surface area contributed by atoms with E-state index in [1.54, 1.807) is 4.90 Å². The molecule has 0 saturated carbocycles. The third-order valence-electron chi connectivity index (χ3n) is 4.03. The Bertz CT molecular complexity index is 825. The van der Waals surface area contributed by atoms with Gasteiger partial charge in [-0.05, 0) is 25.0 Å². The van der Waals surface area contributed by atoms with E-state index in [0.717, 1.165) is 38.1 Å². The lowest BCUT2D eigenvalue weighted by Gasteiger charge is -2.19. The van der Waals surface area contributed by atoms with Crippen molar-refractivity contribution in [3.8, 4) is 0 Å². The Balaban J connectivity index is 1.67. The molecule has 1 aliphatic rings. The molecule has 144 valence electrons. The van der Waals surface area contributed by atoms with Gasteiger partial charge in [-0.1, -0.05) is 0 Å². The van der Waals surface area contributed by atoms with Crippen LogP contribution in [0.4, 0.5) is 31.2 Å². The minimum atomic E-state index is -1.03. The predicted molar refractivity (Wildman–Crippen MR) is 97.8 cm³/mol. The molecule has 0 atom stereocenters. The van der Waals surface area contributed by atoms with Crippen LogP contribution in [0.3, 0.4) is 0 Å². The number of rotatable bonds is 5. The van der Waals surface area contributed by atoms with Gasteiger partial charge in [0.25, 0.3) is 0 Å². The number of aromatic nitrogens is 3. The van der Waals surface area contributed by atoms with Gasteiger partial charge in [0.1, 0.15) is 0 Å². The molecule has 2 amide bonds. The van der Waals surface area contributed by atoms with E-state index in [1.807, 2.05) is 14.1 Å². The molecule has 2 aromatic rings. The Morgan fingerprint density at radius 1 is 1.15 bits per heavy atom. The van der Waals surface area contributed by atoms with Crippen molar-refractivity contribution in [3.63, 3.8) is 0 Å². The third kappa shape index (κ3) is 4.78. The van der Waals surface area contributed by atoms with Crippen molar-refractivity contribution >= 4 is 23.6 Å². The van der Waals surface area contributed by atoms with Crippen LogP contribution in [0.1, 0.15) is 18.7 Å². The number of anilines is 3. The van der Waals surface area contributed by atoms with Gasteiger partial charge in [-0.2, -0.15) is 15.0 Å². The lowest BCUT2D eigenvalue weighted by atomic mass is 10.3. The van der Waals surface area contributed by atoms with E-state index in [0.29, 0.717) is 17.7 Å². The molecule has 0 bridgehead atoms. The Kier molecular flexibility index (Phi) is 5.63. The standard InChI is InChI=1S/C17H21F2N7O/c1-25(2)15-22-14(23-16(24-15)26-7-3-4-8-26)10-20-17(27)21-11-5-6-12(18)13(19)9-11/h5-6,9H,3-4,7-8,10H2,1-2H3,(H2,20,21,27). The summed E-state index contributed by atoms with van der Waals surface area (Å²) in [5.74, 6) is -0.502. The maximum absolute atomic E-state index is 13.2.